The van der Waals surface area contributed by atoms with E-state index in [1.54, 1.807) is 0 Å². The highest BCUT2D eigenvalue weighted by molar-refractivity contribution is 7.74. The molecule has 4 rings (SSSR count). The molecule has 0 aromatic rings. The van der Waals surface area contributed by atoms with E-state index in [2.05, 4.69) is 25.3 Å². The number of piperidine rings is 1. The highest BCUT2D eigenvalue weighted by atomic mass is 32.2. The van der Waals surface area contributed by atoms with Crippen LogP contribution in [0.1, 0.15) is 19.3 Å². The van der Waals surface area contributed by atoms with E-state index in [1.165, 1.54) is 4.90 Å². The lowest BCUT2D eigenvalue weighted by molar-refractivity contribution is -0.139. The SMILES string of the molecule is O=C(NOC[C@H]1C[C@@H](CN2CCNCC2)CN1)C1CCC2CN1C(=O)N2OS(=O)[O-]. The van der Waals surface area contributed by atoms with Gasteiger partial charge in [-0.1, -0.05) is 0 Å². The molecule has 4 heterocycles. The molecular weight excluding hydrogens is 416 g/mol. The number of hydroxylamine groups is 3. The first kappa shape index (κ1) is 21.9. The van der Waals surface area contributed by atoms with Crippen molar-refractivity contribution >= 4 is 23.3 Å². The summed E-state index contributed by atoms with van der Waals surface area (Å²) in [4.78, 5) is 34.1. The van der Waals surface area contributed by atoms with E-state index in [9.17, 15) is 18.4 Å². The van der Waals surface area contributed by atoms with Gasteiger partial charge in [0.1, 0.15) is 17.4 Å². The zero-order valence-corrected chi connectivity index (χ0v) is 17.6. The van der Waals surface area contributed by atoms with Crippen LogP contribution in [0.3, 0.4) is 0 Å². The van der Waals surface area contributed by atoms with E-state index in [0.29, 0.717) is 25.4 Å². The first-order valence-electron chi connectivity index (χ1n) is 10.5. The number of hydrogen-bond acceptors (Lipinski definition) is 9. The van der Waals surface area contributed by atoms with Crippen LogP contribution in [0.15, 0.2) is 0 Å². The summed E-state index contributed by atoms with van der Waals surface area (Å²) < 4.78 is 26.1. The van der Waals surface area contributed by atoms with E-state index >= 15 is 0 Å². The second-order valence-electron chi connectivity index (χ2n) is 8.32. The predicted molar refractivity (Wildman–Crippen MR) is 104 cm³/mol. The lowest BCUT2D eigenvalue weighted by Gasteiger charge is -2.29. The summed E-state index contributed by atoms with van der Waals surface area (Å²) in [5.74, 6) is 0.171. The molecule has 13 heteroatoms. The average Bonchev–Trinajstić information content (AvgIpc) is 3.27. The van der Waals surface area contributed by atoms with Crippen LogP contribution in [0, 0.1) is 5.92 Å². The molecule has 12 nitrogen and oxygen atoms in total. The normalized spacial score (nSPS) is 33.2. The lowest BCUT2D eigenvalue weighted by Crippen LogP contribution is -2.50. The summed E-state index contributed by atoms with van der Waals surface area (Å²) in [6.07, 6.45) is 1.90. The minimum Gasteiger partial charge on any atom is -0.748 e. The molecule has 30 heavy (non-hydrogen) atoms. The van der Waals surface area contributed by atoms with E-state index in [0.717, 1.165) is 50.8 Å². The van der Waals surface area contributed by atoms with Crippen LogP contribution in [0.4, 0.5) is 4.79 Å². The van der Waals surface area contributed by atoms with Crippen molar-refractivity contribution in [1.29, 1.82) is 0 Å². The lowest BCUT2D eigenvalue weighted by atomic mass is 10.0. The monoisotopic (exact) mass is 445 g/mol. The molecule has 0 aliphatic carbocycles. The molecular formula is C17H29N6O6S-. The Morgan fingerprint density at radius 3 is 2.87 bits per heavy atom. The van der Waals surface area contributed by atoms with Gasteiger partial charge in [-0.05, 0) is 31.7 Å². The number of hydrogen-bond donors (Lipinski definition) is 3. The summed E-state index contributed by atoms with van der Waals surface area (Å²) >= 11 is -2.83. The Bertz CT molecular complexity index is 665. The number of piperazine rings is 1. The Morgan fingerprint density at radius 2 is 2.10 bits per heavy atom. The number of urea groups is 1. The quantitative estimate of drug-likeness (QED) is 0.284. The molecule has 5 atom stereocenters. The molecule has 0 aromatic heterocycles. The Morgan fingerprint density at radius 1 is 1.30 bits per heavy atom. The molecule has 4 fully saturated rings. The second kappa shape index (κ2) is 9.85. The number of amides is 3. The first-order chi connectivity index (χ1) is 14.5. The van der Waals surface area contributed by atoms with E-state index < -0.39 is 29.3 Å². The Hall–Kier alpha value is -1.35. The summed E-state index contributed by atoms with van der Waals surface area (Å²) in [5, 5.41) is 7.63. The van der Waals surface area contributed by atoms with Crippen molar-refractivity contribution in [2.75, 3.05) is 52.4 Å². The summed E-state index contributed by atoms with van der Waals surface area (Å²) in [7, 11) is 0. The van der Waals surface area contributed by atoms with Gasteiger partial charge in [0, 0.05) is 45.3 Å². The molecule has 4 saturated heterocycles. The largest absolute Gasteiger partial charge is 0.748 e. The van der Waals surface area contributed by atoms with Crippen molar-refractivity contribution in [2.45, 2.75) is 37.4 Å². The maximum Gasteiger partial charge on any atom is 0.346 e. The third-order valence-electron chi connectivity index (χ3n) is 6.26. The van der Waals surface area contributed by atoms with Crippen LogP contribution in [0.2, 0.25) is 0 Å². The molecule has 0 spiro atoms. The zero-order valence-electron chi connectivity index (χ0n) is 16.8. The highest BCUT2D eigenvalue weighted by Crippen LogP contribution is 2.30. The molecule has 0 saturated carbocycles. The topological polar surface area (TPSA) is 139 Å². The van der Waals surface area contributed by atoms with E-state index in [4.69, 9.17) is 4.84 Å². The first-order valence-corrected chi connectivity index (χ1v) is 11.5. The van der Waals surface area contributed by atoms with Crippen LogP contribution in [0.25, 0.3) is 0 Å². The number of carbonyl (C=O) groups excluding carboxylic acids is 2. The number of fused-ring (bicyclic) bond motifs is 2. The highest BCUT2D eigenvalue weighted by Gasteiger charge is 2.48. The number of rotatable bonds is 8. The minimum absolute atomic E-state index is 0.179. The van der Waals surface area contributed by atoms with Crippen molar-refractivity contribution in [3.05, 3.63) is 0 Å². The number of nitrogens with zero attached hydrogens (tertiary/aromatic N) is 3. The molecule has 3 amide bonds. The molecule has 0 radical (unpaired) electrons. The van der Waals surface area contributed by atoms with Gasteiger partial charge in [-0.3, -0.25) is 9.63 Å². The summed E-state index contributed by atoms with van der Waals surface area (Å²) in [6.45, 7) is 6.87. The summed E-state index contributed by atoms with van der Waals surface area (Å²) in [6, 6.07) is -1.50. The van der Waals surface area contributed by atoms with Gasteiger partial charge >= 0.3 is 6.03 Å². The third kappa shape index (κ3) is 5.10. The molecule has 2 bridgehead atoms. The van der Waals surface area contributed by atoms with Gasteiger partial charge in [-0.2, -0.15) is 9.35 Å². The van der Waals surface area contributed by atoms with Crippen molar-refractivity contribution in [3.8, 4) is 0 Å². The van der Waals surface area contributed by atoms with Crippen LogP contribution in [-0.4, -0.2) is 106 Å². The standard InChI is InChI=1S/C17H30N6O6S/c24-16(15-2-1-14-10-22(15)17(25)23(14)29-30(26)27)20-28-11-13-7-12(8-19-13)9-21-5-3-18-4-6-21/h12-15,18-19H,1-11H2,(H,20,24)(H,26,27)/p-1/t12-,13-,14?,15?/m1/s1. The van der Waals surface area contributed by atoms with Gasteiger partial charge < -0.3 is 25.0 Å². The van der Waals surface area contributed by atoms with Gasteiger partial charge in [0.25, 0.3) is 5.91 Å². The maximum atomic E-state index is 12.5. The van der Waals surface area contributed by atoms with Crippen molar-refractivity contribution in [2.24, 2.45) is 5.92 Å². The van der Waals surface area contributed by atoms with Crippen molar-refractivity contribution < 1.29 is 27.5 Å². The molecule has 4 aliphatic rings. The fourth-order valence-corrected chi connectivity index (χ4v) is 5.09. The maximum absolute atomic E-state index is 12.5. The molecule has 0 aromatic carbocycles. The van der Waals surface area contributed by atoms with Gasteiger partial charge in [0.05, 0.1) is 12.6 Å². The van der Waals surface area contributed by atoms with E-state index in [1.807, 2.05) is 0 Å². The van der Waals surface area contributed by atoms with Gasteiger partial charge in [0.2, 0.25) is 0 Å². The molecule has 4 aliphatic heterocycles. The number of nitrogens with one attached hydrogen (secondary N) is 3. The zero-order chi connectivity index (χ0) is 21.1. The average molecular weight is 446 g/mol. The van der Waals surface area contributed by atoms with Crippen LogP contribution in [0.5, 0.6) is 0 Å². The van der Waals surface area contributed by atoms with Gasteiger partial charge in [-0.15, -0.1) is 0 Å². The third-order valence-corrected chi connectivity index (χ3v) is 6.55. The molecule has 170 valence electrons. The van der Waals surface area contributed by atoms with Crippen LogP contribution < -0.4 is 16.1 Å². The minimum atomic E-state index is -2.83. The fourth-order valence-electron chi connectivity index (χ4n) is 4.78. The Kier molecular flexibility index (Phi) is 7.18. The van der Waals surface area contributed by atoms with Crippen LogP contribution in [-0.2, 0) is 25.3 Å². The molecule has 3 N–H and O–H groups in total. The van der Waals surface area contributed by atoms with E-state index in [-0.39, 0.29) is 18.6 Å². The van der Waals surface area contributed by atoms with Crippen molar-refractivity contribution in [1.82, 2.24) is 31.0 Å². The van der Waals surface area contributed by atoms with Gasteiger partial charge in [-0.25, -0.2) is 14.5 Å². The Balaban J connectivity index is 1.17. The van der Waals surface area contributed by atoms with Gasteiger partial charge in [0.15, 0.2) is 0 Å². The predicted octanol–water partition coefficient (Wildman–Crippen LogP) is -2.09. The summed E-state index contributed by atoms with van der Waals surface area (Å²) in [5.41, 5.74) is 2.46. The number of carbonyl (C=O) groups is 2. The van der Waals surface area contributed by atoms with Crippen molar-refractivity contribution in [3.63, 3.8) is 0 Å². The fraction of sp³-hybridized carbons (Fsp3) is 0.882. The molecule has 3 unspecified atom stereocenters. The second-order valence-corrected chi connectivity index (χ2v) is 8.88. The van der Waals surface area contributed by atoms with Crippen LogP contribution >= 0.6 is 0 Å². The Labute approximate surface area is 178 Å². The smallest absolute Gasteiger partial charge is 0.346 e.